The summed E-state index contributed by atoms with van der Waals surface area (Å²) < 4.78 is 30.1. The van der Waals surface area contributed by atoms with Crippen molar-refractivity contribution in [3.8, 4) is 0 Å². The fourth-order valence-electron chi connectivity index (χ4n) is 5.29. The topological polar surface area (TPSA) is 12.0 Å². The molecule has 1 nitrogen and oxygen atoms in total. The second-order valence-corrected chi connectivity index (χ2v) is 10.1. The van der Waals surface area contributed by atoms with Crippen molar-refractivity contribution in [1.82, 2.24) is 5.32 Å². The van der Waals surface area contributed by atoms with Crippen molar-refractivity contribution in [2.24, 2.45) is 5.41 Å². The van der Waals surface area contributed by atoms with Gasteiger partial charge in [0.15, 0.2) is 0 Å². The van der Waals surface area contributed by atoms with Crippen molar-refractivity contribution in [2.45, 2.75) is 71.8 Å². The van der Waals surface area contributed by atoms with Crippen molar-refractivity contribution in [3.63, 3.8) is 0 Å². The second kappa shape index (κ2) is 8.00. The fraction of sp³-hybridized carbons (Fsp3) is 0.520. The number of rotatable bonds is 4. The molecule has 1 aliphatic rings. The third kappa shape index (κ3) is 3.84. The largest absolute Gasteiger partial charge is 0.312 e. The number of halogens is 3. The molecule has 158 valence electrons. The lowest BCUT2D eigenvalue weighted by molar-refractivity contribution is 0.238. The molecule has 0 spiro atoms. The predicted molar refractivity (Wildman–Crippen MR) is 118 cm³/mol. The molecule has 1 saturated heterocycles. The minimum absolute atomic E-state index is 0.0804. The minimum atomic E-state index is -0.419. The highest BCUT2D eigenvalue weighted by Gasteiger charge is 2.52. The molecular weight excluding hydrogens is 388 g/mol. The first-order valence-corrected chi connectivity index (χ1v) is 10.8. The highest BCUT2D eigenvalue weighted by molar-refractivity contribution is 6.30. The molecule has 0 radical (unpaired) electrons. The van der Waals surface area contributed by atoms with Gasteiger partial charge in [-0.1, -0.05) is 63.6 Å². The van der Waals surface area contributed by atoms with Gasteiger partial charge in [-0.2, -0.15) is 0 Å². The Labute approximate surface area is 178 Å². The maximum absolute atomic E-state index is 15.1. The lowest BCUT2D eigenvalue weighted by atomic mass is 9.61. The summed E-state index contributed by atoms with van der Waals surface area (Å²) in [5.74, 6) is -0.651. The molecule has 1 aliphatic heterocycles. The zero-order valence-corrected chi connectivity index (χ0v) is 19.1. The van der Waals surface area contributed by atoms with Crippen LogP contribution < -0.4 is 5.32 Å². The molecule has 0 unspecified atom stereocenters. The molecule has 0 amide bonds. The van der Waals surface area contributed by atoms with Gasteiger partial charge >= 0.3 is 0 Å². The van der Waals surface area contributed by atoms with Crippen molar-refractivity contribution < 1.29 is 8.78 Å². The van der Waals surface area contributed by atoms with Crippen LogP contribution in [-0.4, -0.2) is 12.6 Å². The zero-order chi connectivity index (χ0) is 21.6. The molecule has 3 atom stereocenters. The van der Waals surface area contributed by atoms with E-state index >= 15 is 4.39 Å². The van der Waals surface area contributed by atoms with Gasteiger partial charge in [-0.3, -0.25) is 0 Å². The van der Waals surface area contributed by atoms with E-state index in [1.54, 1.807) is 19.1 Å². The predicted octanol–water partition coefficient (Wildman–Crippen LogP) is 7.07. The van der Waals surface area contributed by atoms with Gasteiger partial charge in [0.1, 0.15) is 11.6 Å². The summed E-state index contributed by atoms with van der Waals surface area (Å²) in [4.78, 5) is 0. The summed E-state index contributed by atoms with van der Waals surface area (Å²) in [5, 5.41) is 3.82. The van der Waals surface area contributed by atoms with Gasteiger partial charge in [-0.15, -0.1) is 0 Å². The first-order valence-electron chi connectivity index (χ1n) is 10.5. The van der Waals surface area contributed by atoms with E-state index < -0.39 is 5.41 Å². The molecule has 1 heterocycles. The van der Waals surface area contributed by atoms with E-state index in [9.17, 15) is 4.39 Å². The molecule has 1 N–H and O–H groups in total. The van der Waals surface area contributed by atoms with Crippen molar-refractivity contribution in [3.05, 3.63) is 69.2 Å². The van der Waals surface area contributed by atoms with Crippen LogP contribution in [0.25, 0.3) is 0 Å². The summed E-state index contributed by atoms with van der Waals surface area (Å²) in [7, 11) is 0. The van der Waals surface area contributed by atoms with Crippen LogP contribution in [0.5, 0.6) is 0 Å². The standard InChI is InChI=1S/C25H32ClF2N/c1-7-25(18-12-11-15(2)22(27)16(18)3)19(14-29-21(25)13-24(4,5)6)17-9-8-10-20(26)23(17)28/h8-12,19,21,29H,7,13-14H2,1-6H3/t19-,21+,25-/m1/s1. The maximum Gasteiger partial charge on any atom is 0.145 e. The third-order valence-corrected chi connectivity index (χ3v) is 6.94. The molecule has 4 heteroatoms. The molecule has 0 aliphatic carbocycles. The van der Waals surface area contributed by atoms with Crippen LogP contribution in [0.4, 0.5) is 8.78 Å². The summed E-state index contributed by atoms with van der Waals surface area (Å²) in [5.41, 5.74) is 2.56. The van der Waals surface area contributed by atoms with Crippen LogP contribution in [-0.2, 0) is 5.41 Å². The molecule has 29 heavy (non-hydrogen) atoms. The molecular formula is C25H32ClF2N. The lowest BCUT2D eigenvalue weighted by Crippen LogP contribution is -2.45. The Morgan fingerprint density at radius 1 is 1.10 bits per heavy atom. The number of hydrogen-bond acceptors (Lipinski definition) is 1. The molecule has 0 bridgehead atoms. The van der Waals surface area contributed by atoms with Gasteiger partial charge in [0.25, 0.3) is 0 Å². The van der Waals surface area contributed by atoms with Crippen LogP contribution >= 0.6 is 11.6 Å². The molecule has 0 aromatic heterocycles. The molecule has 0 saturated carbocycles. The Balaban J connectivity index is 2.27. The highest BCUT2D eigenvalue weighted by atomic mass is 35.5. The Kier molecular flexibility index (Phi) is 6.13. The monoisotopic (exact) mass is 419 g/mol. The summed E-state index contributed by atoms with van der Waals surface area (Å²) in [6.45, 7) is 13.1. The third-order valence-electron chi connectivity index (χ3n) is 6.65. The average molecular weight is 420 g/mol. The van der Waals surface area contributed by atoms with Crippen LogP contribution in [0.1, 0.15) is 68.7 Å². The lowest BCUT2D eigenvalue weighted by Gasteiger charge is -2.43. The maximum atomic E-state index is 15.1. The highest BCUT2D eigenvalue weighted by Crippen LogP contribution is 2.52. The number of nitrogens with one attached hydrogen (secondary N) is 1. The number of benzene rings is 2. The normalized spacial score (nSPS) is 24.9. The van der Waals surface area contributed by atoms with Crippen LogP contribution in [0.3, 0.4) is 0 Å². The van der Waals surface area contributed by atoms with E-state index in [2.05, 4.69) is 39.1 Å². The Morgan fingerprint density at radius 2 is 1.79 bits per heavy atom. The van der Waals surface area contributed by atoms with E-state index in [-0.39, 0.29) is 34.0 Å². The summed E-state index contributed by atoms with van der Waals surface area (Å²) in [6.07, 6.45) is 1.69. The van der Waals surface area contributed by atoms with E-state index in [0.717, 1.165) is 18.4 Å². The number of aryl methyl sites for hydroxylation is 1. The SMILES string of the molecule is CC[C@]1(c2ccc(C)c(F)c2C)[C@H](CC(C)(C)C)NC[C@@H]1c1cccc(Cl)c1F. The number of hydrogen-bond donors (Lipinski definition) is 1. The van der Waals surface area contributed by atoms with E-state index in [4.69, 9.17) is 11.6 Å². The van der Waals surface area contributed by atoms with Crippen LogP contribution in [0.15, 0.2) is 30.3 Å². The van der Waals surface area contributed by atoms with Gasteiger partial charge < -0.3 is 5.32 Å². The van der Waals surface area contributed by atoms with Crippen molar-refractivity contribution in [1.29, 1.82) is 0 Å². The van der Waals surface area contributed by atoms with Crippen LogP contribution in [0, 0.1) is 30.9 Å². The summed E-state index contributed by atoms with van der Waals surface area (Å²) >= 11 is 6.14. The van der Waals surface area contributed by atoms with Crippen molar-refractivity contribution in [2.75, 3.05) is 6.54 Å². The first kappa shape index (κ1) is 22.2. The summed E-state index contributed by atoms with van der Waals surface area (Å²) in [6, 6.07) is 9.23. The van der Waals surface area contributed by atoms with Crippen molar-refractivity contribution >= 4 is 11.6 Å². The second-order valence-electron chi connectivity index (χ2n) is 9.68. The molecule has 1 fully saturated rings. The van der Waals surface area contributed by atoms with Gasteiger partial charge in [0.2, 0.25) is 0 Å². The zero-order valence-electron chi connectivity index (χ0n) is 18.3. The Bertz CT molecular complexity index is 902. The van der Waals surface area contributed by atoms with E-state index in [1.165, 1.54) is 0 Å². The van der Waals surface area contributed by atoms with Gasteiger partial charge in [-0.05, 0) is 60.4 Å². The smallest absolute Gasteiger partial charge is 0.145 e. The van der Waals surface area contributed by atoms with Gasteiger partial charge in [-0.25, -0.2) is 8.78 Å². The van der Waals surface area contributed by atoms with Gasteiger partial charge in [0.05, 0.1) is 5.02 Å². The average Bonchev–Trinajstić information content (AvgIpc) is 2.99. The molecule has 2 aromatic carbocycles. The Morgan fingerprint density at radius 3 is 2.41 bits per heavy atom. The molecule has 3 rings (SSSR count). The Hall–Kier alpha value is -1.45. The first-order chi connectivity index (χ1) is 13.5. The quantitative estimate of drug-likeness (QED) is 0.558. The van der Waals surface area contributed by atoms with Crippen LogP contribution in [0.2, 0.25) is 5.02 Å². The van der Waals surface area contributed by atoms with Gasteiger partial charge in [0, 0.05) is 23.9 Å². The minimum Gasteiger partial charge on any atom is -0.312 e. The van der Waals surface area contributed by atoms with E-state index in [1.807, 2.05) is 19.1 Å². The molecule has 2 aromatic rings. The van der Waals surface area contributed by atoms with E-state index in [0.29, 0.717) is 23.2 Å². The fourth-order valence-corrected chi connectivity index (χ4v) is 5.48.